The number of carbonyl (C=O) groups is 2. The summed E-state index contributed by atoms with van der Waals surface area (Å²) >= 11 is 0. The highest BCUT2D eigenvalue weighted by Crippen LogP contribution is 2.02. The number of ether oxygens (including phenoxy) is 1. The van der Waals surface area contributed by atoms with Crippen molar-refractivity contribution in [3.05, 3.63) is 29.6 Å². The number of likely N-dealkylation sites (N-methyl/N-ethyl adjacent to an activating group) is 1. The summed E-state index contributed by atoms with van der Waals surface area (Å²) in [6.45, 7) is -0.142. The molecule has 1 amide bonds. The molecule has 0 aromatic carbocycles. The van der Waals surface area contributed by atoms with Crippen LogP contribution in [0.2, 0.25) is 0 Å². The molecule has 1 aromatic heterocycles. The first-order chi connectivity index (χ1) is 8.08. The Morgan fingerprint density at radius 2 is 2.24 bits per heavy atom. The molecule has 0 aliphatic heterocycles. The first kappa shape index (κ1) is 12.6. The molecule has 0 radical (unpaired) electrons. The van der Waals surface area contributed by atoms with Gasteiger partial charge in [-0.2, -0.15) is 5.26 Å². The number of rotatable bonds is 3. The van der Waals surface area contributed by atoms with Crippen LogP contribution in [0, 0.1) is 11.3 Å². The lowest BCUT2D eigenvalue weighted by molar-refractivity contribution is -0.141. The lowest BCUT2D eigenvalue weighted by atomic mass is 10.2. The minimum absolute atomic E-state index is 0.142. The molecular weight excluding hydrogens is 222 g/mol. The van der Waals surface area contributed by atoms with Crippen LogP contribution in [-0.4, -0.2) is 42.5 Å². The van der Waals surface area contributed by atoms with Crippen molar-refractivity contribution in [3.63, 3.8) is 0 Å². The van der Waals surface area contributed by atoms with Gasteiger partial charge in [0.2, 0.25) is 0 Å². The number of aromatic nitrogens is 1. The molecule has 0 atom stereocenters. The summed E-state index contributed by atoms with van der Waals surface area (Å²) in [5.41, 5.74) is 0.549. The zero-order chi connectivity index (χ0) is 12.8. The molecule has 0 saturated heterocycles. The highest BCUT2D eigenvalue weighted by atomic mass is 16.5. The van der Waals surface area contributed by atoms with E-state index in [1.807, 2.05) is 6.07 Å². The normalized spacial score (nSPS) is 9.24. The van der Waals surface area contributed by atoms with E-state index in [0.717, 1.165) is 0 Å². The third kappa shape index (κ3) is 3.28. The summed E-state index contributed by atoms with van der Waals surface area (Å²) in [5.74, 6) is -0.908. The fourth-order valence-corrected chi connectivity index (χ4v) is 1.11. The lowest BCUT2D eigenvalue weighted by Gasteiger charge is -2.14. The summed E-state index contributed by atoms with van der Waals surface area (Å²) in [4.78, 5) is 27.8. The van der Waals surface area contributed by atoms with Gasteiger partial charge >= 0.3 is 5.97 Å². The summed E-state index contributed by atoms with van der Waals surface area (Å²) in [7, 11) is 2.72. The van der Waals surface area contributed by atoms with Crippen molar-refractivity contribution in [2.75, 3.05) is 20.7 Å². The predicted octanol–water partition coefficient (Wildman–Crippen LogP) is 0.198. The van der Waals surface area contributed by atoms with E-state index in [9.17, 15) is 9.59 Å². The van der Waals surface area contributed by atoms with Crippen molar-refractivity contribution in [1.29, 1.82) is 5.26 Å². The average molecular weight is 233 g/mol. The Labute approximate surface area is 98.4 Å². The number of carbonyl (C=O) groups excluding carboxylic acids is 2. The van der Waals surface area contributed by atoms with Crippen LogP contribution in [0.4, 0.5) is 0 Å². The molecule has 17 heavy (non-hydrogen) atoms. The Kier molecular flexibility index (Phi) is 4.17. The monoisotopic (exact) mass is 233 g/mol. The Bertz CT molecular complexity index is 462. The van der Waals surface area contributed by atoms with Crippen molar-refractivity contribution < 1.29 is 14.3 Å². The van der Waals surface area contributed by atoms with E-state index in [1.165, 1.54) is 37.4 Å². The topological polar surface area (TPSA) is 83.3 Å². The predicted molar refractivity (Wildman–Crippen MR) is 57.9 cm³/mol. The van der Waals surface area contributed by atoms with E-state index in [2.05, 4.69) is 9.72 Å². The molecule has 6 nitrogen and oxygen atoms in total. The number of esters is 1. The van der Waals surface area contributed by atoms with Gasteiger partial charge in [-0.15, -0.1) is 0 Å². The second-order valence-electron chi connectivity index (χ2n) is 3.28. The number of amides is 1. The molecule has 1 aromatic rings. The summed E-state index contributed by atoms with van der Waals surface area (Å²) in [6.07, 6.45) is 1.30. The van der Waals surface area contributed by atoms with Crippen LogP contribution >= 0.6 is 0 Å². The molecule has 1 rings (SSSR count). The first-order valence-electron chi connectivity index (χ1n) is 4.77. The van der Waals surface area contributed by atoms with Gasteiger partial charge in [-0.05, 0) is 12.1 Å². The van der Waals surface area contributed by atoms with Gasteiger partial charge < -0.3 is 9.64 Å². The van der Waals surface area contributed by atoms with Crippen molar-refractivity contribution in [3.8, 4) is 6.07 Å². The van der Waals surface area contributed by atoms with Crippen molar-refractivity contribution >= 4 is 11.9 Å². The molecule has 0 spiro atoms. The molecule has 0 unspecified atom stereocenters. The second-order valence-corrected chi connectivity index (χ2v) is 3.28. The van der Waals surface area contributed by atoms with Gasteiger partial charge in [0.05, 0.1) is 12.7 Å². The number of hydrogen-bond donors (Lipinski definition) is 0. The van der Waals surface area contributed by atoms with E-state index in [4.69, 9.17) is 5.26 Å². The standard InChI is InChI=1S/C11H11N3O3/c1-14(7-10(15)17-2)11(16)9-4-3-8(5-12)6-13-9/h3-4,6H,7H2,1-2H3. The number of pyridine rings is 1. The van der Waals surface area contributed by atoms with Crippen LogP contribution < -0.4 is 0 Å². The number of nitriles is 1. The Hall–Kier alpha value is -2.42. The molecule has 0 aliphatic rings. The van der Waals surface area contributed by atoms with Gasteiger partial charge in [0.25, 0.3) is 5.91 Å². The average Bonchev–Trinajstić information content (AvgIpc) is 2.37. The van der Waals surface area contributed by atoms with Gasteiger partial charge in [-0.3, -0.25) is 9.59 Å². The summed E-state index contributed by atoms with van der Waals surface area (Å²) in [5, 5.41) is 8.58. The van der Waals surface area contributed by atoms with E-state index >= 15 is 0 Å². The Morgan fingerprint density at radius 1 is 1.53 bits per heavy atom. The van der Waals surface area contributed by atoms with Gasteiger partial charge in [-0.25, -0.2) is 4.98 Å². The maximum atomic E-state index is 11.8. The molecule has 1 heterocycles. The third-order valence-electron chi connectivity index (χ3n) is 2.05. The first-order valence-corrected chi connectivity index (χ1v) is 4.77. The van der Waals surface area contributed by atoms with Gasteiger partial charge in [0.1, 0.15) is 18.3 Å². The minimum Gasteiger partial charge on any atom is -0.468 e. The molecule has 0 N–H and O–H groups in total. The third-order valence-corrected chi connectivity index (χ3v) is 2.05. The number of methoxy groups -OCH3 is 1. The summed E-state index contributed by atoms with van der Waals surface area (Å²) in [6, 6.07) is 4.83. The van der Waals surface area contributed by atoms with Crippen LogP contribution in [0.25, 0.3) is 0 Å². The molecule has 0 bridgehead atoms. The van der Waals surface area contributed by atoms with Crippen LogP contribution in [0.1, 0.15) is 16.1 Å². The van der Waals surface area contributed by atoms with Gasteiger partial charge in [-0.1, -0.05) is 0 Å². The smallest absolute Gasteiger partial charge is 0.325 e. The molecular formula is C11H11N3O3. The van der Waals surface area contributed by atoms with Crippen LogP contribution in [0.3, 0.4) is 0 Å². The zero-order valence-electron chi connectivity index (χ0n) is 9.51. The highest BCUT2D eigenvalue weighted by Gasteiger charge is 2.16. The maximum absolute atomic E-state index is 11.8. The van der Waals surface area contributed by atoms with Gasteiger partial charge in [0, 0.05) is 13.2 Å². The molecule has 0 saturated carbocycles. The zero-order valence-corrected chi connectivity index (χ0v) is 9.51. The quantitative estimate of drug-likeness (QED) is 0.696. The van der Waals surface area contributed by atoms with E-state index < -0.39 is 11.9 Å². The van der Waals surface area contributed by atoms with Crippen molar-refractivity contribution in [2.45, 2.75) is 0 Å². The SMILES string of the molecule is COC(=O)CN(C)C(=O)c1ccc(C#N)cn1. The fraction of sp³-hybridized carbons (Fsp3) is 0.273. The highest BCUT2D eigenvalue weighted by molar-refractivity contribution is 5.94. The summed E-state index contributed by atoms with van der Waals surface area (Å²) < 4.78 is 4.45. The fourth-order valence-electron chi connectivity index (χ4n) is 1.11. The van der Waals surface area contributed by atoms with E-state index in [0.29, 0.717) is 5.56 Å². The molecule has 6 heteroatoms. The largest absolute Gasteiger partial charge is 0.468 e. The maximum Gasteiger partial charge on any atom is 0.325 e. The molecule has 88 valence electrons. The minimum atomic E-state index is -0.505. The van der Waals surface area contributed by atoms with Crippen LogP contribution in [0.5, 0.6) is 0 Å². The lowest BCUT2D eigenvalue weighted by Crippen LogP contribution is -2.33. The van der Waals surface area contributed by atoms with Crippen molar-refractivity contribution in [2.24, 2.45) is 0 Å². The molecule has 0 fully saturated rings. The number of hydrogen-bond acceptors (Lipinski definition) is 5. The Morgan fingerprint density at radius 3 is 2.71 bits per heavy atom. The molecule has 0 aliphatic carbocycles. The van der Waals surface area contributed by atoms with E-state index in [1.54, 1.807) is 0 Å². The second kappa shape index (κ2) is 5.61. The van der Waals surface area contributed by atoms with Crippen molar-refractivity contribution in [1.82, 2.24) is 9.88 Å². The number of nitrogens with zero attached hydrogens (tertiary/aromatic N) is 3. The van der Waals surface area contributed by atoms with Crippen LogP contribution in [0.15, 0.2) is 18.3 Å². The van der Waals surface area contributed by atoms with Gasteiger partial charge in [0.15, 0.2) is 0 Å². The Balaban J connectivity index is 2.75. The van der Waals surface area contributed by atoms with Crippen LogP contribution in [-0.2, 0) is 9.53 Å². The van der Waals surface area contributed by atoms with E-state index in [-0.39, 0.29) is 12.2 Å².